The molecule has 2 amide bonds. The standard InChI is InChI=1S/C25H30N4O/c1-4-29-13-11-18(12-14-29)22-16-26-23-10-9-19(15-21(22)23)27-25(30)28-24-8-6-5-7-20(24)17(2)3/h5-11,13,15-18,26H,4,12,14H2,1-3H3,(H2,27,28,30). The van der Waals surface area contributed by atoms with Crippen LogP contribution in [0.25, 0.3) is 10.9 Å². The van der Waals surface area contributed by atoms with Gasteiger partial charge in [-0.3, -0.25) is 0 Å². The molecular formula is C25H30N4O. The molecule has 156 valence electrons. The second-order valence-electron chi connectivity index (χ2n) is 8.19. The first-order valence-electron chi connectivity index (χ1n) is 10.8. The summed E-state index contributed by atoms with van der Waals surface area (Å²) in [7, 11) is 0. The van der Waals surface area contributed by atoms with Crippen molar-refractivity contribution in [2.24, 2.45) is 0 Å². The summed E-state index contributed by atoms with van der Waals surface area (Å²) in [4.78, 5) is 18.3. The van der Waals surface area contributed by atoms with Gasteiger partial charge in [-0.2, -0.15) is 0 Å². The summed E-state index contributed by atoms with van der Waals surface area (Å²) < 4.78 is 0. The highest BCUT2D eigenvalue weighted by molar-refractivity contribution is 6.01. The van der Waals surface area contributed by atoms with Gasteiger partial charge in [0.15, 0.2) is 0 Å². The number of nitrogens with zero attached hydrogens (tertiary/aromatic N) is 1. The molecule has 0 saturated carbocycles. The van der Waals surface area contributed by atoms with E-state index in [-0.39, 0.29) is 6.03 Å². The number of hydrogen-bond donors (Lipinski definition) is 3. The minimum Gasteiger partial charge on any atom is -0.378 e. The molecule has 2 aromatic carbocycles. The van der Waals surface area contributed by atoms with E-state index in [4.69, 9.17) is 0 Å². The lowest BCUT2D eigenvalue weighted by Gasteiger charge is -2.26. The van der Waals surface area contributed by atoms with Gasteiger partial charge in [0.1, 0.15) is 0 Å². The van der Waals surface area contributed by atoms with E-state index in [1.54, 1.807) is 0 Å². The molecule has 0 saturated heterocycles. The van der Waals surface area contributed by atoms with Gasteiger partial charge in [0.2, 0.25) is 0 Å². The summed E-state index contributed by atoms with van der Waals surface area (Å²) in [6.07, 6.45) is 7.69. The number of carbonyl (C=O) groups is 1. The summed E-state index contributed by atoms with van der Waals surface area (Å²) in [5.74, 6) is 0.732. The predicted molar refractivity (Wildman–Crippen MR) is 125 cm³/mol. The fourth-order valence-corrected chi connectivity index (χ4v) is 4.15. The number of amides is 2. The number of urea groups is 1. The number of carbonyl (C=O) groups excluding carboxylic acids is 1. The van der Waals surface area contributed by atoms with Crippen molar-refractivity contribution in [1.82, 2.24) is 9.88 Å². The summed E-state index contributed by atoms with van der Waals surface area (Å²) in [5.41, 5.74) is 5.14. The highest BCUT2D eigenvalue weighted by Gasteiger charge is 2.18. The summed E-state index contributed by atoms with van der Waals surface area (Å²) in [6, 6.07) is 13.7. The third-order valence-corrected chi connectivity index (χ3v) is 5.86. The van der Waals surface area contributed by atoms with E-state index in [0.29, 0.717) is 11.8 Å². The fourth-order valence-electron chi connectivity index (χ4n) is 4.15. The molecule has 4 rings (SSSR count). The first-order chi connectivity index (χ1) is 14.5. The van der Waals surface area contributed by atoms with Crippen LogP contribution in [0.3, 0.4) is 0 Å². The van der Waals surface area contributed by atoms with E-state index in [2.05, 4.69) is 71.9 Å². The Labute approximate surface area is 178 Å². The molecule has 3 N–H and O–H groups in total. The van der Waals surface area contributed by atoms with Gasteiger partial charge in [-0.1, -0.05) is 38.1 Å². The maximum absolute atomic E-state index is 12.6. The summed E-state index contributed by atoms with van der Waals surface area (Å²) in [6.45, 7) is 8.54. The van der Waals surface area contributed by atoms with Crippen LogP contribution >= 0.6 is 0 Å². The normalized spacial score (nSPS) is 16.3. The average molecular weight is 403 g/mol. The lowest BCUT2D eigenvalue weighted by Crippen LogP contribution is -2.23. The second-order valence-corrected chi connectivity index (χ2v) is 8.19. The van der Waals surface area contributed by atoms with E-state index >= 15 is 0 Å². The van der Waals surface area contributed by atoms with Gasteiger partial charge in [0.25, 0.3) is 0 Å². The van der Waals surface area contributed by atoms with E-state index < -0.39 is 0 Å². The highest BCUT2D eigenvalue weighted by Crippen LogP contribution is 2.33. The monoisotopic (exact) mass is 402 g/mol. The minimum absolute atomic E-state index is 0.226. The topological polar surface area (TPSA) is 60.2 Å². The van der Waals surface area contributed by atoms with E-state index in [1.165, 1.54) is 5.56 Å². The third-order valence-electron chi connectivity index (χ3n) is 5.86. The number of anilines is 2. The van der Waals surface area contributed by atoms with Crippen LogP contribution in [-0.4, -0.2) is 29.0 Å². The number of aromatic nitrogens is 1. The van der Waals surface area contributed by atoms with Crippen LogP contribution in [0, 0.1) is 0 Å². The predicted octanol–water partition coefficient (Wildman–Crippen LogP) is 6.26. The molecule has 1 atom stereocenters. The lowest BCUT2D eigenvalue weighted by atomic mass is 9.93. The van der Waals surface area contributed by atoms with Gasteiger partial charge >= 0.3 is 6.03 Å². The molecule has 2 heterocycles. The number of fused-ring (bicyclic) bond motifs is 1. The molecule has 1 aromatic heterocycles. The van der Waals surface area contributed by atoms with Crippen molar-refractivity contribution in [1.29, 1.82) is 0 Å². The van der Waals surface area contributed by atoms with Crippen molar-refractivity contribution >= 4 is 28.3 Å². The summed E-state index contributed by atoms with van der Waals surface area (Å²) in [5, 5.41) is 7.15. The molecule has 1 aliphatic rings. The molecular weight excluding hydrogens is 372 g/mol. The molecule has 1 unspecified atom stereocenters. The molecule has 0 fully saturated rings. The number of H-pyrrole nitrogens is 1. The van der Waals surface area contributed by atoms with E-state index in [9.17, 15) is 4.79 Å². The quantitative estimate of drug-likeness (QED) is 0.472. The van der Waals surface area contributed by atoms with Gasteiger partial charge in [-0.25, -0.2) is 4.79 Å². The number of aromatic amines is 1. The van der Waals surface area contributed by atoms with Crippen molar-refractivity contribution in [2.75, 3.05) is 23.7 Å². The number of rotatable bonds is 5. The van der Waals surface area contributed by atoms with Crippen molar-refractivity contribution in [3.63, 3.8) is 0 Å². The average Bonchev–Trinajstić information content (AvgIpc) is 3.17. The lowest BCUT2D eigenvalue weighted by molar-refractivity contribution is 0.262. The van der Waals surface area contributed by atoms with Gasteiger partial charge < -0.3 is 20.5 Å². The smallest absolute Gasteiger partial charge is 0.323 e. The minimum atomic E-state index is -0.226. The molecule has 0 radical (unpaired) electrons. The van der Waals surface area contributed by atoms with E-state index in [0.717, 1.165) is 47.4 Å². The maximum Gasteiger partial charge on any atom is 0.323 e. The number of benzene rings is 2. The molecule has 5 heteroatoms. The van der Waals surface area contributed by atoms with E-state index in [1.807, 2.05) is 30.3 Å². The zero-order valence-electron chi connectivity index (χ0n) is 17.9. The number of para-hydroxylation sites is 1. The Hall–Kier alpha value is -3.21. The first kappa shape index (κ1) is 20.1. The number of nitrogens with one attached hydrogen (secondary N) is 3. The number of hydrogen-bond acceptors (Lipinski definition) is 2. The molecule has 30 heavy (non-hydrogen) atoms. The van der Waals surface area contributed by atoms with Crippen LogP contribution in [0.15, 0.2) is 60.9 Å². The molecule has 0 bridgehead atoms. The third kappa shape index (κ3) is 4.20. The van der Waals surface area contributed by atoms with Crippen molar-refractivity contribution < 1.29 is 4.79 Å². The number of allylic oxidation sites excluding steroid dienone is 1. The zero-order chi connectivity index (χ0) is 21.1. The Morgan fingerprint density at radius 3 is 2.77 bits per heavy atom. The SMILES string of the molecule is CCN1C=CC(c2c[nH]c3ccc(NC(=O)Nc4ccccc4C(C)C)cc23)CC1. The molecule has 0 aliphatic carbocycles. The van der Waals surface area contributed by atoms with Gasteiger partial charge in [0, 0.05) is 47.5 Å². The largest absolute Gasteiger partial charge is 0.378 e. The van der Waals surface area contributed by atoms with Crippen LogP contribution < -0.4 is 10.6 Å². The van der Waals surface area contributed by atoms with Crippen molar-refractivity contribution in [3.05, 3.63) is 72.1 Å². The fraction of sp³-hybridized carbons (Fsp3) is 0.320. The maximum atomic E-state index is 12.6. The molecule has 0 spiro atoms. The Morgan fingerprint density at radius 1 is 1.20 bits per heavy atom. The Balaban J connectivity index is 1.52. The van der Waals surface area contributed by atoms with Crippen LogP contribution in [0.4, 0.5) is 16.2 Å². The van der Waals surface area contributed by atoms with Gasteiger partial charge in [-0.15, -0.1) is 0 Å². The molecule has 1 aliphatic heterocycles. The van der Waals surface area contributed by atoms with Gasteiger partial charge in [-0.05, 0) is 60.9 Å². The molecule has 5 nitrogen and oxygen atoms in total. The van der Waals surface area contributed by atoms with Crippen molar-refractivity contribution in [3.8, 4) is 0 Å². The van der Waals surface area contributed by atoms with Crippen LogP contribution in [0.1, 0.15) is 50.2 Å². The van der Waals surface area contributed by atoms with Crippen LogP contribution in [0.2, 0.25) is 0 Å². The Kier molecular flexibility index (Phi) is 5.79. The highest BCUT2D eigenvalue weighted by atomic mass is 16.2. The zero-order valence-corrected chi connectivity index (χ0v) is 17.9. The van der Waals surface area contributed by atoms with Crippen LogP contribution in [-0.2, 0) is 0 Å². The molecule has 3 aromatic rings. The summed E-state index contributed by atoms with van der Waals surface area (Å²) >= 11 is 0. The van der Waals surface area contributed by atoms with Crippen LogP contribution in [0.5, 0.6) is 0 Å². The van der Waals surface area contributed by atoms with Gasteiger partial charge in [0.05, 0.1) is 0 Å². The van der Waals surface area contributed by atoms with Crippen molar-refractivity contribution in [2.45, 2.75) is 39.0 Å². The first-order valence-corrected chi connectivity index (χ1v) is 10.8. The second kappa shape index (κ2) is 8.66. The Morgan fingerprint density at radius 2 is 2.03 bits per heavy atom. The Bertz CT molecular complexity index is 1070.